The fraction of sp³-hybridized carbons (Fsp3) is 0.185. The number of hydrogen-bond donors (Lipinski definition) is 1. The molecule has 3 aromatic rings. The molecule has 1 spiro atoms. The summed E-state index contributed by atoms with van der Waals surface area (Å²) in [6.07, 6.45) is 0. The van der Waals surface area contributed by atoms with Gasteiger partial charge in [-0.25, -0.2) is 14.5 Å². The Morgan fingerprint density at radius 1 is 1.00 bits per heavy atom. The zero-order valence-electron chi connectivity index (χ0n) is 19.6. The van der Waals surface area contributed by atoms with Crippen molar-refractivity contribution in [3.05, 3.63) is 93.5 Å². The Labute approximate surface area is 222 Å². The van der Waals surface area contributed by atoms with Gasteiger partial charge in [0.2, 0.25) is 0 Å². The lowest BCUT2D eigenvalue weighted by molar-refractivity contribution is -0.124. The number of halogens is 2. The number of aromatic carboxylic acids is 1. The highest BCUT2D eigenvalue weighted by molar-refractivity contribution is 6.36. The monoisotopic (exact) mass is 534 g/mol. The van der Waals surface area contributed by atoms with Gasteiger partial charge >= 0.3 is 12.0 Å². The summed E-state index contributed by atoms with van der Waals surface area (Å²) >= 11 is 12.4. The third-order valence-electron chi connectivity index (χ3n) is 7.09. The van der Waals surface area contributed by atoms with Gasteiger partial charge in [-0.05, 0) is 60.2 Å². The first-order valence-electron chi connectivity index (χ1n) is 11.3. The van der Waals surface area contributed by atoms with Crippen LogP contribution in [0, 0.1) is 11.3 Å². The number of hydrogen-bond acceptors (Lipinski definition) is 5. The zero-order chi connectivity index (χ0) is 26.5. The summed E-state index contributed by atoms with van der Waals surface area (Å²) in [4.78, 5) is 43.6. The van der Waals surface area contributed by atoms with E-state index in [4.69, 9.17) is 23.2 Å². The van der Waals surface area contributed by atoms with Gasteiger partial charge in [0.05, 0.1) is 29.4 Å². The van der Waals surface area contributed by atoms with Crippen LogP contribution in [0.5, 0.6) is 0 Å². The highest BCUT2D eigenvalue weighted by atomic mass is 35.5. The highest BCUT2D eigenvalue weighted by Gasteiger charge is 2.64. The van der Waals surface area contributed by atoms with Crippen molar-refractivity contribution in [1.82, 2.24) is 4.90 Å². The van der Waals surface area contributed by atoms with Crippen molar-refractivity contribution in [2.75, 3.05) is 29.9 Å². The summed E-state index contributed by atoms with van der Waals surface area (Å²) in [5.74, 6) is -1.90. The number of anilines is 2. The standard InChI is InChI=1S/C27H20Cl2N4O4/c1-31-26(37)33(22-11-19(28)10-20(29)12-22)25(36)27(31)15-32(21-8-6-18(7-9-21)24(34)35)14-23(27)17-4-2-16(13-30)3-5-17/h2-12,23H,14-15H2,1H3,(H,34,35). The third kappa shape index (κ3) is 3.97. The molecule has 2 aliphatic rings. The maximum atomic E-state index is 14.2. The molecular formula is C27H20Cl2N4O4. The predicted octanol–water partition coefficient (Wildman–Crippen LogP) is 5.00. The molecule has 0 aliphatic carbocycles. The number of likely N-dealkylation sites (N-methyl/N-ethyl adjacent to an activating group) is 1. The molecule has 3 aromatic carbocycles. The van der Waals surface area contributed by atoms with Crippen LogP contribution in [0.25, 0.3) is 0 Å². The number of carboxylic acid groups (broad SMARTS) is 1. The predicted molar refractivity (Wildman–Crippen MR) is 139 cm³/mol. The third-order valence-corrected chi connectivity index (χ3v) is 7.53. The molecule has 2 unspecified atom stereocenters. The van der Waals surface area contributed by atoms with E-state index in [1.807, 2.05) is 4.90 Å². The molecule has 37 heavy (non-hydrogen) atoms. The van der Waals surface area contributed by atoms with E-state index in [1.165, 1.54) is 35.2 Å². The lowest BCUT2D eigenvalue weighted by Gasteiger charge is -2.33. The number of amides is 3. The summed E-state index contributed by atoms with van der Waals surface area (Å²) in [7, 11) is 1.60. The number of carbonyl (C=O) groups excluding carboxylic acids is 2. The minimum absolute atomic E-state index is 0.148. The first-order chi connectivity index (χ1) is 17.6. The first kappa shape index (κ1) is 24.6. The largest absolute Gasteiger partial charge is 0.478 e. The Hall–Kier alpha value is -4.06. The molecule has 1 N–H and O–H groups in total. The summed E-state index contributed by atoms with van der Waals surface area (Å²) < 4.78 is 0. The molecule has 5 rings (SSSR count). The van der Waals surface area contributed by atoms with Gasteiger partial charge in [-0.2, -0.15) is 5.26 Å². The molecule has 2 fully saturated rings. The van der Waals surface area contributed by atoms with Crippen LogP contribution in [-0.2, 0) is 4.79 Å². The minimum Gasteiger partial charge on any atom is -0.478 e. The number of benzene rings is 3. The zero-order valence-corrected chi connectivity index (χ0v) is 21.1. The van der Waals surface area contributed by atoms with Crippen LogP contribution in [0.2, 0.25) is 10.0 Å². The Morgan fingerprint density at radius 3 is 2.19 bits per heavy atom. The van der Waals surface area contributed by atoms with Gasteiger partial charge in [0.25, 0.3) is 5.91 Å². The van der Waals surface area contributed by atoms with Crippen LogP contribution in [0.1, 0.15) is 27.4 Å². The van der Waals surface area contributed by atoms with Crippen LogP contribution in [0.4, 0.5) is 16.2 Å². The molecule has 186 valence electrons. The summed E-state index contributed by atoms with van der Waals surface area (Å²) in [6.45, 7) is 0.557. The first-order valence-corrected chi connectivity index (χ1v) is 12.1. The Kier molecular flexibility index (Phi) is 6.06. The van der Waals surface area contributed by atoms with Gasteiger partial charge in [0.15, 0.2) is 0 Å². The van der Waals surface area contributed by atoms with E-state index in [1.54, 1.807) is 43.4 Å². The summed E-state index contributed by atoms with van der Waals surface area (Å²) in [6, 6.07) is 19.5. The number of rotatable bonds is 4. The van der Waals surface area contributed by atoms with E-state index in [2.05, 4.69) is 6.07 Å². The number of nitrogens with zero attached hydrogens (tertiary/aromatic N) is 4. The van der Waals surface area contributed by atoms with E-state index in [9.17, 15) is 24.8 Å². The minimum atomic E-state index is -1.27. The number of nitriles is 1. The van der Waals surface area contributed by atoms with Crippen molar-refractivity contribution < 1.29 is 19.5 Å². The molecule has 3 amide bonds. The molecular weight excluding hydrogens is 515 g/mol. The van der Waals surface area contributed by atoms with Gasteiger partial charge in [-0.1, -0.05) is 35.3 Å². The van der Waals surface area contributed by atoms with E-state index in [0.717, 1.165) is 16.2 Å². The molecule has 0 aromatic heterocycles. The van der Waals surface area contributed by atoms with Gasteiger partial charge < -0.3 is 14.9 Å². The van der Waals surface area contributed by atoms with Crippen molar-refractivity contribution in [2.45, 2.75) is 11.5 Å². The van der Waals surface area contributed by atoms with Gasteiger partial charge in [-0.15, -0.1) is 0 Å². The van der Waals surface area contributed by atoms with Crippen molar-refractivity contribution in [3.63, 3.8) is 0 Å². The van der Waals surface area contributed by atoms with E-state index >= 15 is 0 Å². The van der Waals surface area contributed by atoms with Crippen LogP contribution in [0.15, 0.2) is 66.7 Å². The van der Waals surface area contributed by atoms with Gasteiger partial charge in [0, 0.05) is 35.2 Å². The van der Waals surface area contributed by atoms with Crippen LogP contribution >= 0.6 is 23.2 Å². The number of urea groups is 1. The Balaban J connectivity index is 1.61. The van der Waals surface area contributed by atoms with Crippen molar-refractivity contribution in [2.24, 2.45) is 0 Å². The second-order valence-corrected chi connectivity index (χ2v) is 9.93. The molecule has 0 radical (unpaired) electrons. The maximum absolute atomic E-state index is 14.2. The van der Waals surface area contributed by atoms with Crippen molar-refractivity contribution >= 4 is 52.5 Å². The smallest absolute Gasteiger partial charge is 0.335 e. The SMILES string of the molecule is CN1C(=O)N(c2cc(Cl)cc(Cl)c2)C(=O)C12CN(c1ccc(C(=O)O)cc1)CC2c1ccc(C#N)cc1. The Bertz CT molecular complexity index is 1450. The molecule has 10 heteroatoms. The molecule has 0 bridgehead atoms. The maximum Gasteiger partial charge on any atom is 0.335 e. The van der Waals surface area contributed by atoms with Crippen LogP contribution in [0.3, 0.4) is 0 Å². The number of imide groups is 1. The number of carboxylic acids is 1. The average molecular weight is 535 g/mol. The molecule has 2 heterocycles. The molecule has 2 saturated heterocycles. The topological polar surface area (TPSA) is 105 Å². The highest BCUT2D eigenvalue weighted by Crippen LogP contribution is 2.47. The number of carbonyl (C=O) groups is 3. The lowest BCUT2D eigenvalue weighted by atomic mass is 9.80. The van der Waals surface area contributed by atoms with E-state index < -0.39 is 29.4 Å². The lowest BCUT2D eigenvalue weighted by Crippen LogP contribution is -2.53. The molecule has 0 saturated carbocycles. The quantitative estimate of drug-likeness (QED) is 0.472. The van der Waals surface area contributed by atoms with Crippen molar-refractivity contribution in [1.29, 1.82) is 5.26 Å². The average Bonchev–Trinajstić information content (AvgIpc) is 3.37. The van der Waals surface area contributed by atoms with E-state index in [-0.39, 0.29) is 17.8 Å². The molecule has 8 nitrogen and oxygen atoms in total. The van der Waals surface area contributed by atoms with Crippen LogP contribution in [-0.4, -0.2) is 53.6 Å². The second-order valence-electron chi connectivity index (χ2n) is 9.05. The van der Waals surface area contributed by atoms with Gasteiger partial charge in [0.1, 0.15) is 5.54 Å². The van der Waals surface area contributed by atoms with Crippen molar-refractivity contribution in [3.8, 4) is 6.07 Å². The molecule has 2 aliphatic heterocycles. The van der Waals surface area contributed by atoms with E-state index in [0.29, 0.717) is 22.2 Å². The summed E-state index contributed by atoms with van der Waals surface area (Å²) in [5.41, 5.74) is 1.15. The normalized spacial score (nSPS) is 21.1. The van der Waals surface area contributed by atoms with Gasteiger partial charge in [-0.3, -0.25) is 4.79 Å². The fourth-order valence-corrected chi connectivity index (χ4v) is 5.73. The summed E-state index contributed by atoms with van der Waals surface area (Å²) in [5, 5.41) is 19.1. The Morgan fingerprint density at radius 2 is 1.62 bits per heavy atom. The second kappa shape index (κ2) is 9.11. The fourth-order valence-electron chi connectivity index (χ4n) is 5.22. The molecule has 2 atom stereocenters. The van der Waals surface area contributed by atoms with Crippen LogP contribution < -0.4 is 9.80 Å².